The van der Waals surface area contributed by atoms with Crippen molar-refractivity contribution in [2.75, 3.05) is 0 Å². The second-order valence-corrected chi connectivity index (χ2v) is 5.12. The van der Waals surface area contributed by atoms with E-state index in [2.05, 4.69) is 16.9 Å². The topological polar surface area (TPSA) is 83.1 Å². The Labute approximate surface area is 116 Å². The summed E-state index contributed by atoms with van der Waals surface area (Å²) in [6.07, 6.45) is -0.324. The average Bonchev–Trinajstić information content (AvgIpc) is 2.78. The van der Waals surface area contributed by atoms with Crippen LogP contribution in [0.5, 0.6) is 0 Å². The highest BCUT2D eigenvalue weighted by molar-refractivity contribution is 5.41. The highest BCUT2D eigenvalue weighted by Crippen LogP contribution is 2.42. The lowest BCUT2D eigenvalue weighted by Gasteiger charge is -2.35. The molecule has 4 unspecified atom stereocenters. The molecule has 5 nitrogen and oxygen atoms in total. The van der Waals surface area contributed by atoms with Crippen LogP contribution in [-0.4, -0.2) is 12.3 Å². The van der Waals surface area contributed by atoms with E-state index >= 15 is 0 Å². The van der Waals surface area contributed by atoms with Gasteiger partial charge in [0.25, 0.3) is 0 Å². The van der Waals surface area contributed by atoms with Crippen molar-refractivity contribution in [1.29, 1.82) is 5.26 Å². The Morgan fingerprint density at radius 2 is 2.20 bits per heavy atom. The molecule has 1 aromatic carbocycles. The Bertz CT molecular complexity index is 609. The van der Waals surface area contributed by atoms with Gasteiger partial charge in [-0.25, -0.2) is 9.82 Å². The molecule has 1 aromatic rings. The van der Waals surface area contributed by atoms with Crippen LogP contribution in [0.2, 0.25) is 0 Å². The number of hydrogen-bond donors (Lipinski definition) is 3. The van der Waals surface area contributed by atoms with Crippen LogP contribution < -0.4 is 16.6 Å². The SMILES string of the molecule is CC1NNC2OC(N)=C(C#N)C(c3cccc(F)c3)C12. The van der Waals surface area contributed by atoms with E-state index in [1.54, 1.807) is 6.07 Å². The fourth-order valence-electron chi connectivity index (χ4n) is 3.00. The first kappa shape index (κ1) is 12.9. The van der Waals surface area contributed by atoms with E-state index in [0.717, 1.165) is 5.56 Å². The van der Waals surface area contributed by atoms with Gasteiger partial charge in [0.2, 0.25) is 5.88 Å². The molecule has 4 N–H and O–H groups in total. The first-order valence-corrected chi connectivity index (χ1v) is 6.44. The third kappa shape index (κ3) is 1.92. The Morgan fingerprint density at radius 1 is 1.40 bits per heavy atom. The number of rotatable bonds is 1. The zero-order chi connectivity index (χ0) is 14.3. The minimum absolute atomic E-state index is 0.0289. The van der Waals surface area contributed by atoms with Gasteiger partial charge in [-0.2, -0.15) is 5.26 Å². The van der Waals surface area contributed by atoms with Gasteiger partial charge in [0.1, 0.15) is 11.9 Å². The van der Waals surface area contributed by atoms with Crippen molar-refractivity contribution < 1.29 is 9.13 Å². The summed E-state index contributed by atoms with van der Waals surface area (Å²) in [6, 6.07) is 8.46. The zero-order valence-corrected chi connectivity index (χ0v) is 10.9. The maximum absolute atomic E-state index is 13.5. The van der Waals surface area contributed by atoms with E-state index in [0.29, 0.717) is 5.57 Å². The average molecular weight is 274 g/mol. The summed E-state index contributed by atoms with van der Waals surface area (Å²) in [5.74, 6) is -0.537. The van der Waals surface area contributed by atoms with Crippen LogP contribution in [0.15, 0.2) is 35.7 Å². The molecule has 4 atom stereocenters. The molecular weight excluding hydrogens is 259 g/mol. The van der Waals surface area contributed by atoms with Crippen LogP contribution in [0.25, 0.3) is 0 Å². The van der Waals surface area contributed by atoms with Crippen LogP contribution in [-0.2, 0) is 4.74 Å². The monoisotopic (exact) mass is 274 g/mol. The van der Waals surface area contributed by atoms with Crippen molar-refractivity contribution in [2.24, 2.45) is 11.7 Å². The third-order valence-electron chi connectivity index (χ3n) is 3.92. The van der Waals surface area contributed by atoms with E-state index in [1.165, 1.54) is 12.1 Å². The molecule has 0 amide bonds. The normalized spacial score (nSPS) is 32.5. The van der Waals surface area contributed by atoms with Crippen LogP contribution in [0, 0.1) is 23.1 Å². The van der Waals surface area contributed by atoms with Crippen molar-refractivity contribution in [3.05, 3.63) is 47.1 Å². The summed E-state index contributed by atoms with van der Waals surface area (Å²) in [6.45, 7) is 1.99. The number of ether oxygens (including phenoxy) is 1. The molecule has 0 aliphatic carbocycles. The molecule has 104 valence electrons. The third-order valence-corrected chi connectivity index (χ3v) is 3.92. The first-order chi connectivity index (χ1) is 9.61. The number of fused-ring (bicyclic) bond motifs is 1. The molecule has 3 rings (SSSR count). The molecule has 6 heteroatoms. The molecule has 0 spiro atoms. The van der Waals surface area contributed by atoms with E-state index in [-0.39, 0.29) is 35.8 Å². The van der Waals surface area contributed by atoms with Crippen molar-refractivity contribution in [3.63, 3.8) is 0 Å². The van der Waals surface area contributed by atoms with Gasteiger partial charge >= 0.3 is 0 Å². The minimum Gasteiger partial charge on any atom is -0.458 e. The highest BCUT2D eigenvalue weighted by Gasteiger charge is 2.47. The standard InChI is InChI=1S/C14H15FN4O/c1-7-11-12(8-3-2-4-9(15)5-8)10(6-16)13(17)20-14(11)19-18-7/h2-5,7,11-12,14,18-19H,17H2,1H3. The molecule has 0 radical (unpaired) electrons. The molecule has 2 aliphatic heterocycles. The van der Waals surface area contributed by atoms with Crippen molar-refractivity contribution in [2.45, 2.75) is 25.1 Å². The number of nitrogens with one attached hydrogen (secondary N) is 2. The number of halogens is 1. The predicted molar refractivity (Wildman–Crippen MR) is 70.1 cm³/mol. The van der Waals surface area contributed by atoms with Crippen LogP contribution in [0.3, 0.4) is 0 Å². The minimum atomic E-state index is -0.326. The zero-order valence-electron chi connectivity index (χ0n) is 10.9. The number of nitrogens with two attached hydrogens (primary N) is 1. The lowest BCUT2D eigenvalue weighted by molar-refractivity contribution is 0.0350. The summed E-state index contributed by atoms with van der Waals surface area (Å²) in [4.78, 5) is 0. The largest absolute Gasteiger partial charge is 0.458 e. The molecule has 0 saturated carbocycles. The van der Waals surface area contributed by atoms with E-state index in [9.17, 15) is 9.65 Å². The Morgan fingerprint density at radius 3 is 2.90 bits per heavy atom. The van der Waals surface area contributed by atoms with Crippen LogP contribution in [0.4, 0.5) is 4.39 Å². The van der Waals surface area contributed by atoms with Gasteiger partial charge in [-0.1, -0.05) is 12.1 Å². The highest BCUT2D eigenvalue weighted by atomic mass is 19.1. The first-order valence-electron chi connectivity index (χ1n) is 6.44. The van der Waals surface area contributed by atoms with E-state index < -0.39 is 0 Å². The lowest BCUT2D eigenvalue weighted by Crippen LogP contribution is -2.41. The molecular formula is C14H15FN4O. The summed E-state index contributed by atoms with van der Waals surface area (Å²) in [7, 11) is 0. The second-order valence-electron chi connectivity index (χ2n) is 5.12. The fraction of sp³-hybridized carbons (Fsp3) is 0.357. The molecule has 1 saturated heterocycles. The maximum atomic E-state index is 13.5. The number of allylic oxidation sites excluding steroid dienone is 1. The van der Waals surface area contributed by atoms with Gasteiger partial charge in [0, 0.05) is 17.9 Å². The summed E-state index contributed by atoms with van der Waals surface area (Å²) in [5, 5.41) is 9.37. The molecule has 1 fully saturated rings. The van der Waals surface area contributed by atoms with Gasteiger partial charge in [-0.05, 0) is 24.6 Å². The van der Waals surface area contributed by atoms with Gasteiger partial charge in [-0.15, -0.1) is 0 Å². The smallest absolute Gasteiger partial charge is 0.200 e. The van der Waals surface area contributed by atoms with E-state index in [4.69, 9.17) is 10.5 Å². The van der Waals surface area contributed by atoms with Gasteiger partial charge in [0.05, 0.1) is 5.57 Å². The van der Waals surface area contributed by atoms with Crippen molar-refractivity contribution >= 4 is 0 Å². The van der Waals surface area contributed by atoms with E-state index in [1.807, 2.05) is 13.0 Å². The van der Waals surface area contributed by atoms with Crippen molar-refractivity contribution in [3.8, 4) is 6.07 Å². The van der Waals surface area contributed by atoms with Gasteiger partial charge < -0.3 is 10.5 Å². The second kappa shape index (κ2) is 4.78. The predicted octanol–water partition coefficient (Wildman–Crippen LogP) is 1.07. The number of hydrazine groups is 1. The number of benzene rings is 1. The maximum Gasteiger partial charge on any atom is 0.200 e. The molecule has 2 heterocycles. The quantitative estimate of drug-likeness (QED) is 0.713. The number of nitrogens with zero attached hydrogens (tertiary/aromatic N) is 1. The Balaban J connectivity index is 2.12. The van der Waals surface area contributed by atoms with Gasteiger partial charge in [0.15, 0.2) is 6.23 Å². The Hall–Kier alpha value is -2.10. The number of hydrogen-bond acceptors (Lipinski definition) is 5. The summed E-state index contributed by atoms with van der Waals surface area (Å²) < 4.78 is 19.0. The molecule has 20 heavy (non-hydrogen) atoms. The molecule has 2 aliphatic rings. The summed E-state index contributed by atoms with van der Waals surface area (Å²) >= 11 is 0. The van der Waals surface area contributed by atoms with Crippen molar-refractivity contribution in [1.82, 2.24) is 10.9 Å². The van der Waals surface area contributed by atoms with Crippen LogP contribution >= 0.6 is 0 Å². The lowest BCUT2D eigenvalue weighted by atomic mass is 9.76. The number of nitriles is 1. The Kier molecular flexibility index (Phi) is 3.08. The molecule has 0 aromatic heterocycles. The van der Waals surface area contributed by atoms with Gasteiger partial charge in [-0.3, -0.25) is 5.43 Å². The summed E-state index contributed by atoms with van der Waals surface area (Å²) in [5.41, 5.74) is 13.0. The molecule has 0 bridgehead atoms. The van der Waals surface area contributed by atoms with Crippen LogP contribution in [0.1, 0.15) is 18.4 Å². The fourth-order valence-corrected chi connectivity index (χ4v) is 3.00.